The Morgan fingerprint density at radius 3 is 2.88 bits per heavy atom. The number of likely N-dealkylation sites (N-methyl/N-ethyl adjacent to an activating group) is 1. The maximum absolute atomic E-state index is 12.0. The summed E-state index contributed by atoms with van der Waals surface area (Å²) in [6.45, 7) is 3.08. The molecule has 1 amide bonds. The third-order valence-electron chi connectivity index (χ3n) is 3.35. The molecule has 1 rings (SSSR count). The molecule has 1 fully saturated rings. The fourth-order valence-corrected chi connectivity index (χ4v) is 2.79. The van der Waals surface area contributed by atoms with E-state index in [1.807, 2.05) is 18.2 Å². The van der Waals surface area contributed by atoms with Gasteiger partial charge in [-0.3, -0.25) is 4.79 Å². The molecule has 0 radical (unpaired) electrons. The Labute approximate surface area is 109 Å². The first-order valence-electron chi connectivity index (χ1n) is 6.22. The molecule has 1 aliphatic heterocycles. The zero-order valence-corrected chi connectivity index (χ0v) is 12.0. The minimum Gasteiger partial charge on any atom is -0.344 e. The molecule has 1 unspecified atom stereocenters. The highest BCUT2D eigenvalue weighted by atomic mass is 32.2. The SMILES string of the molecule is CSCC[C@@H](N)C(=O)N(C)CC1CCN(C)C1. The number of rotatable bonds is 6. The van der Waals surface area contributed by atoms with Crippen molar-refractivity contribution in [3.05, 3.63) is 0 Å². The van der Waals surface area contributed by atoms with Crippen molar-refractivity contribution in [1.82, 2.24) is 9.80 Å². The predicted octanol–water partition coefficient (Wildman–Crippen LogP) is 0.477. The van der Waals surface area contributed by atoms with Gasteiger partial charge in [0.15, 0.2) is 0 Å². The van der Waals surface area contributed by atoms with Crippen LogP contribution in [0, 0.1) is 5.92 Å². The Balaban J connectivity index is 2.30. The van der Waals surface area contributed by atoms with Crippen molar-refractivity contribution >= 4 is 17.7 Å². The highest BCUT2D eigenvalue weighted by Crippen LogP contribution is 2.15. The lowest BCUT2D eigenvalue weighted by molar-refractivity contribution is -0.131. The topological polar surface area (TPSA) is 49.6 Å². The Hall–Kier alpha value is -0.260. The van der Waals surface area contributed by atoms with Crippen LogP contribution in [0.4, 0.5) is 0 Å². The smallest absolute Gasteiger partial charge is 0.239 e. The van der Waals surface area contributed by atoms with Gasteiger partial charge in [0.1, 0.15) is 0 Å². The van der Waals surface area contributed by atoms with Crippen LogP contribution in [0.15, 0.2) is 0 Å². The van der Waals surface area contributed by atoms with Gasteiger partial charge in [-0.2, -0.15) is 11.8 Å². The minimum atomic E-state index is -0.327. The van der Waals surface area contributed by atoms with E-state index in [4.69, 9.17) is 5.73 Å². The lowest BCUT2D eigenvalue weighted by Gasteiger charge is -2.24. The average molecular weight is 259 g/mol. The van der Waals surface area contributed by atoms with E-state index in [-0.39, 0.29) is 11.9 Å². The number of likely N-dealkylation sites (tertiary alicyclic amines) is 1. The maximum Gasteiger partial charge on any atom is 0.239 e. The van der Waals surface area contributed by atoms with Crippen LogP contribution in [0.25, 0.3) is 0 Å². The third-order valence-corrected chi connectivity index (χ3v) is 3.99. The summed E-state index contributed by atoms with van der Waals surface area (Å²) in [7, 11) is 4.01. The molecule has 0 saturated carbocycles. The van der Waals surface area contributed by atoms with Crippen molar-refractivity contribution in [2.45, 2.75) is 18.9 Å². The molecule has 2 atom stereocenters. The van der Waals surface area contributed by atoms with E-state index in [2.05, 4.69) is 11.9 Å². The lowest BCUT2D eigenvalue weighted by atomic mass is 10.1. The summed E-state index contributed by atoms with van der Waals surface area (Å²) in [5, 5.41) is 0. The van der Waals surface area contributed by atoms with Crippen molar-refractivity contribution in [3.63, 3.8) is 0 Å². The molecule has 1 aliphatic rings. The Kier molecular flexibility index (Phi) is 6.30. The number of carbonyl (C=O) groups is 1. The molecule has 0 aromatic rings. The number of hydrogen-bond acceptors (Lipinski definition) is 4. The molecule has 2 N–H and O–H groups in total. The van der Waals surface area contributed by atoms with Crippen LogP contribution in [0.2, 0.25) is 0 Å². The normalized spacial score (nSPS) is 22.7. The molecule has 0 aliphatic carbocycles. The molecule has 0 aromatic heterocycles. The summed E-state index contributed by atoms with van der Waals surface area (Å²) in [6.07, 6.45) is 4.00. The highest BCUT2D eigenvalue weighted by Gasteiger charge is 2.24. The van der Waals surface area contributed by atoms with E-state index < -0.39 is 0 Å². The van der Waals surface area contributed by atoms with Crippen molar-refractivity contribution in [3.8, 4) is 0 Å². The van der Waals surface area contributed by atoms with Gasteiger partial charge in [-0.1, -0.05) is 0 Å². The Morgan fingerprint density at radius 1 is 1.65 bits per heavy atom. The summed E-state index contributed by atoms with van der Waals surface area (Å²) in [5.74, 6) is 1.66. The molecular formula is C12H25N3OS. The summed E-state index contributed by atoms with van der Waals surface area (Å²) in [5.41, 5.74) is 5.89. The highest BCUT2D eigenvalue weighted by molar-refractivity contribution is 7.98. The Bertz CT molecular complexity index is 250. The van der Waals surface area contributed by atoms with E-state index in [0.29, 0.717) is 5.92 Å². The quantitative estimate of drug-likeness (QED) is 0.754. The first-order valence-corrected chi connectivity index (χ1v) is 7.62. The van der Waals surface area contributed by atoms with Crippen LogP contribution < -0.4 is 5.73 Å². The first kappa shape index (κ1) is 14.8. The second kappa shape index (κ2) is 7.24. The van der Waals surface area contributed by atoms with Gasteiger partial charge in [-0.25, -0.2) is 0 Å². The van der Waals surface area contributed by atoms with E-state index in [1.54, 1.807) is 11.8 Å². The number of amides is 1. The van der Waals surface area contributed by atoms with E-state index in [9.17, 15) is 4.79 Å². The fourth-order valence-electron chi connectivity index (χ4n) is 2.30. The molecule has 1 heterocycles. The fraction of sp³-hybridized carbons (Fsp3) is 0.917. The molecule has 17 heavy (non-hydrogen) atoms. The van der Waals surface area contributed by atoms with E-state index in [0.717, 1.165) is 31.8 Å². The van der Waals surface area contributed by atoms with Crippen LogP contribution >= 0.6 is 11.8 Å². The monoisotopic (exact) mass is 259 g/mol. The zero-order valence-electron chi connectivity index (χ0n) is 11.2. The number of hydrogen-bond donors (Lipinski definition) is 1. The van der Waals surface area contributed by atoms with E-state index in [1.165, 1.54) is 6.42 Å². The molecule has 100 valence electrons. The minimum absolute atomic E-state index is 0.0913. The van der Waals surface area contributed by atoms with Gasteiger partial charge in [0, 0.05) is 20.1 Å². The van der Waals surface area contributed by atoms with Crippen LogP contribution in [-0.4, -0.2) is 67.5 Å². The van der Waals surface area contributed by atoms with Gasteiger partial charge in [0.05, 0.1) is 6.04 Å². The molecule has 0 bridgehead atoms. The maximum atomic E-state index is 12.0. The molecule has 4 nitrogen and oxygen atoms in total. The van der Waals surface area contributed by atoms with Crippen molar-refractivity contribution < 1.29 is 4.79 Å². The standard InChI is InChI=1S/C12H25N3OS/c1-14-6-4-10(8-14)9-15(2)12(16)11(13)5-7-17-3/h10-11H,4-9,13H2,1-3H3/t10?,11-/m1/s1. The van der Waals surface area contributed by atoms with Gasteiger partial charge < -0.3 is 15.5 Å². The second-order valence-electron chi connectivity index (χ2n) is 5.02. The predicted molar refractivity (Wildman–Crippen MR) is 74.2 cm³/mol. The molecule has 5 heteroatoms. The summed E-state index contributed by atoms with van der Waals surface area (Å²) < 4.78 is 0. The van der Waals surface area contributed by atoms with Gasteiger partial charge in [0.25, 0.3) is 0 Å². The average Bonchev–Trinajstić information content (AvgIpc) is 2.70. The van der Waals surface area contributed by atoms with Crippen LogP contribution in [-0.2, 0) is 4.79 Å². The number of nitrogens with zero attached hydrogens (tertiary/aromatic N) is 2. The Morgan fingerprint density at radius 2 is 2.35 bits per heavy atom. The van der Waals surface area contributed by atoms with Crippen molar-refractivity contribution in [1.29, 1.82) is 0 Å². The van der Waals surface area contributed by atoms with Gasteiger partial charge in [-0.15, -0.1) is 0 Å². The van der Waals surface area contributed by atoms with Crippen LogP contribution in [0.1, 0.15) is 12.8 Å². The van der Waals surface area contributed by atoms with Gasteiger partial charge in [-0.05, 0) is 44.4 Å². The van der Waals surface area contributed by atoms with Gasteiger partial charge >= 0.3 is 0 Å². The summed E-state index contributed by atoms with van der Waals surface area (Å²) in [6, 6.07) is -0.327. The molecule has 1 saturated heterocycles. The number of thioether (sulfide) groups is 1. The van der Waals surface area contributed by atoms with Crippen molar-refractivity contribution in [2.24, 2.45) is 11.7 Å². The summed E-state index contributed by atoms with van der Waals surface area (Å²) >= 11 is 1.73. The first-order chi connectivity index (χ1) is 8.04. The zero-order chi connectivity index (χ0) is 12.8. The van der Waals surface area contributed by atoms with Crippen molar-refractivity contribution in [2.75, 3.05) is 45.7 Å². The number of nitrogens with two attached hydrogens (primary N) is 1. The molecule has 0 spiro atoms. The van der Waals surface area contributed by atoms with E-state index >= 15 is 0 Å². The second-order valence-corrected chi connectivity index (χ2v) is 6.01. The van der Waals surface area contributed by atoms with Crippen LogP contribution in [0.5, 0.6) is 0 Å². The third kappa shape index (κ3) is 4.85. The van der Waals surface area contributed by atoms with Gasteiger partial charge in [0.2, 0.25) is 5.91 Å². The number of carbonyl (C=O) groups excluding carboxylic acids is 1. The summed E-state index contributed by atoms with van der Waals surface area (Å²) in [4.78, 5) is 16.1. The lowest BCUT2D eigenvalue weighted by Crippen LogP contribution is -2.44. The molecular weight excluding hydrogens is 234 g/mol. The molecule has 0 aromatic carbocycles. The van der Waals surface area contributed by atoms with Crippen LogP contribution in [0.3, 0.4) is 0 Å². The largest absolute Gasteiger partial charge is 0.344 e.